The molecule has 1 aromatic carbocycles. The molecule has 1 N–H and O–H groups in total. The largest absolute Gasteiger partial charge is 0.317 e. The SMILES string of the molecule is CC(C)(C)N1CCN(C(c2ccccc2)C2CCNCC2)CC1. The zero-order valence-electron chi connectivity index (χ0n) is 15.1. The molecule has 0 saturated carbocycles. The van der Waals surface area contributed by atoms with E-state index >= 15 is 0 Å². The van der Waals surface area contributed by atoms with Crippen molar-refractivity contribution in [3.8, 4) is 0 Å². The lowest BCUT2D eigenvalue weighted by Crippen LogP contribution is -2.55. The molecule has 1 atom stereocenters. The van der Waals surface area contributed by atoms with Gasteiger partial charge in [-0.15, -0.1) is 0 Å². The van der Waals surface area contributed by atoms with Gasteiger partial charge in [0.05, 0.1) is 0 Å². The highest BCUT2D eigenvalue weighted by Crippen LogP contribution is 2.35. The highest BCUT2D eigenvalue weighted by molar-refractivity contribution is 5.20. The first kappa shape index (κ1) is 16.9. The third kappa shape index (κ3) is 4.14. The molecule has 23 heavy (non-hydrogen) atoms. The van der Waals surface area contributed by atoms with Crippen molar-refractivity contribution in [1.29, 1.82) is 0 Å². The summed E-state index contributed by atoms with van der Waals surface area (Å²) in [5.74, 6) is 0.792. The third-order valence-electron chi connectivity index (χ3n) is 5.63. The van der Waals surface area contributed by atoms with Gasteiger partial charge in [-0.05, 0) is 58.2 Å². The van der Waals surface area contributed by atoms with Crippen molar-refractivity contribution in [2.45, 2.75) is 45.2 Å². The monoisotopic (exact) mass is 315 g/mol. The molecule has 0 aliphatic carbocycles. The molecule has 2 aliphatic heterocycles. The quantitative estimate of drug-likeness (QED) is 0.924. The fraction of sp³-hybridized carbons (Fsp3) is 0.700. The summed E-state index contributed by atoms with van der Waals surface area (Å²) >= 11 is 0. The van der Waals surface area contributed by atoms with Crippen LogP contribution in [-0.4, -0.2) is 54.6 Å². The predicted molar refractivity (Wildman–Crippen MR) is 97.7 cm³/mol. The lowest BCUT2D eigenvalue weighted by atomic mass is 9.84. The van der Waals surface area contributed by atoms with Gasteiger partial charge in [-0.1, -0.05) is 30.3 Å². The topological polar surface area (TPSA) is 18.5 Å². The Balaban J connectivity index is 1.74. The van der Waals surface area contributed by atoms with Gasteiger partial charge in [0.1, 0.15) is 0 Å². The van der Waals surface area contributed by atoms with E-state index in [-0.39, 0.29) is 0 Å². The van der Waals surface area contributed by atoms with Crippen LogP contribution >= 0.6 is 0 Å². The van der Waals surface area contributed by atoms with Gasteiger partial charge in [0.2, 0.25) is 0 Å². The van der Waals surface area contributed by atoms with Crippen LogP contribution in [0.15, 0.2) is 30.3 Å². The zero-order chi connectivity index (χ0) is 16.3. The van der Waals surface area contributed by atoms with Crippen molar-refractivity contribution in [2.24, 2.45) is 5.92 Å². The van der Waals surface area contributed by atoms with Crippen LogP contribution in [0.5, 0.6) is 0 Å². The van der Waals surface area contributed by atoms with Crippen molar-refractivity contribution in [3.63, 3.8) is 0 Å². The van der Waals surface area contributed by atoms with Crippen LogP contribution in [0.3, 0.4) is 0 Å². The summed E-state index contributed by atoms with van der Waals surface area (Å²) in [5.41, 5.74) is 1.81. The van der Waals surface area contributed by atoms with Crippen LogP contribution in [0.1, 0.15) is 45.2 Å². The molecule has 3 heteroatoms. The van der Waals surface area contributed by atoms with E-state index in [0.717, 1.165) is 5.92 Å². The molecule has 3 rings (SSSR count). The maximum atomic E-state index is 3.52. The van der Waals surface area contributed by atoms with Gasteiger partial charge >= 0.3 is 0 Å². The minimum Gasteiger partial charge on any atom is -0.317 e. The molecule has 2 fully saturated rings. The van der Waals surface area contributed by atoms with E-state index in [2.05, 4.69) is 66.2 Å². The van der Waals surface area contributed by atoms with E-state index in [1.165, 1.54) is 57.7 Å². The Morgan fingerprint density at radius 2 is 1.57 bits per heavy atom. The highest BCUT2D eigenvalue weighted by Gasteiger charge is 2.34. The summed E-state index contributed by atoms with van der Waals surface area (Å²) in [6, 6.07) is 11.8. The Morgan fingerprint density at radius 3 is 2.13 bits per heavy atom. The molecule has 3 nitrogen and oxygen atoms in total. The molecular weight excluding hydrogens is 282 g/mol. The van der Waals surface area contributed by atoms with E-state index in [1.54, 1.807) is 0 Å². The van der Waals surface area contributed by atoms with Gasteiger partial charge in [0.15, 0.2) is 0 Å². The molecule has 2 heterocycles. The predicted octanol–water partition coefficient (Wildman–Crippen LogP) is 3.14. The van der Waals surface area contributed by atoms with Gasteiger partial charge in [-0.3, -0.25) is 9.80 Å². The summed E-state index contributed by atoms with van der Waals surface area (Å²) in [4.78, 5) is 5.39. The lowest BCUT2D eigenvalue weighted by molar-refractivity contribution is 0.0217. The summed E-state index contributed by atoms with van der Waals surface area (Å²) < 4.78 is 0. The minimum atomic E-state index is 0.295. The average Bonchev–Trinajstić information content (AvgIpc) is 2.57. The molecule has 0 amide bonds. The number of nitrogens with zero attached hydrogens (tertiary/aromatic N) is 2. The van der Waals surface area contributed by atoms with Crippen LogP contribution in [0, 0.1) is 5.92 Å². The second-order valence-electron chi connectivity index (χ2n) is 8.14. The van der Waals surface area contributed by atoms with Gasteiger partial charge < -0.3 is 5.32 Å². The first-order chi connectivity index (χ1) is 11.1. The third-order valence-corrected chi connectivity index (χ3v) is 5.63. The summed E-state index contributed by atoms with van der Waals surface area (Å²) in [5, 5.41) is 3.52. The van der Waals surface area contributed by atoms with Gasteiger partial charge in [0, 0.05) is 37.8 Å². The molecule has 2 saturated heterocycles. The number of hydrogen-bond donors (Lipinski definition) is 1. The molecule has 0 aromatic heterocycles. The van der Waals surface area contributed by atoms with Crippen molar-refractivity contribution < 1.29 is 0 Å². The molecule has 2 aliphatic rings. The maximum Gasteiger partial charge on any atom is 0.0378 e. The fourth-order valence-corrected chi connectivity index (χ4v) is 4.26. The second kappa shape index (κ2) is 7.33. The van der Waals surface area contributed by atoms with Crippen LogP contribution in [0.4, 0.5) is 0 Å². The number of rotatable bonds is 3. The summed E-state index contributed by atoms with van der Waals surface area (Å²) in [6.45, 7) is 14.1. The Hall–Kier alpha value is -0.900. The molecule has 0 spiro atoms. The van der Waals surface area contributed by atoms with Crippen LogP contribution < -0.4 is 5.32 Å². The number of piperazine rings is 1. The number of piperidine rings is 1. The Kier molecular flexibility index (Phi) is 5.40. The summed E-state index contributed by atoms with van der Waals surface area (Å²) in [7, 11) is 0. The van der Waals surface area contributed by atoms with E-state index in [4.69, 9.17) is 0 Å². The van der Waals surface area contributed by atoms with Crippen molar-refractivity contribution in [1.82, 2.24) is 15.1 Å². The lowest BCUT2D eigenvalue weighted by Gasteiger charge is -2.47. The Bertz CT molecular complexity index is 465. The minimum absolute atomic E-state index is 0.295. The van der Waals surface area contributed by atoms with Crippen molar-refractivity contribution in [3.05, 3.63) is 35.9 Å². The normalized spacial score (nSPS) is 23.8. The molecule has 0 bridgehead atoms. The Labute approximate surface area is 142 Å². The zero-order valence-corrected chi connectivity index (χ0v) is 15.1. The van der Waals surface area contributed by atoms with E-state index in [0.29, 0.717) is 11.6 Å². The molecular formula is C20H33N3. The van der Waals surface area contributed by atoms with Crippen LogP contribution in [0.2, 0.25) is 0 Å². The fourth-order valence-electron chi connectivity index (χ4n) is 4.26. The number of hydrogen-bond acceptors (Lipinski definition) is 3. The van der Waals surface area contributed by atoms with Gasteiger partial charge in [-0.25, -0.2) is 0 Å². The number of benzene rings is 1. The van der Waals surface area contributed by atoms with Crippen LogP contribution in [0.25, 0.3) is 0 Å². The smallest absolute Gasteiger partial charge is 0.0378 e. The van der Waals surface area contributed by atoms with Gasteiger partial charge in [-0.2, -0.15) is 0 Å². The maximum absolute atomic E-state index is 3.52. The first-order valence-corrected chi connectivity index (χ1v) is 9.30. The average molecular weight is 316 g/mol. The molecule has 0 radical (unpaired) electrons. The van der Waals surface area contributed by atoms with E-state index in [1.807, 2.05) is 0 Å². The van der Waals surface area contributed by atoms with Crippen LogP contribution in [-0.2, 0) is 0 Å². The standard InChI is InChI=1S/C20H33N3/c1-20(2,3)23-15-13-22(14-16-23)19(17-7-5-4-6-8-17)18-9-11-21-12-10-18/h4-8,18-19,21H,9-16H2,1-3H3. The van der Waals surface area contributed by atoms with E-state index in [9.17, 15) is 0 Å². The first-order valence-electron chi connectivity index (χ1n) is 9.30. The van der Waals surface area contributed by atoms with Crippen molar-refractivity contribution in [2.75, 3.05) is 39.3 Å². The summed E-state index contributed by atoms with van der Waals surface area (Å²) in [6.07, 6.45) is 2.61. The number of nitrogens with one attached hydrogen (secondary N) is 1. The van der Waals surface area contributed by atoms with Gasteiger partial charge in [0.25, 0.3) is 0 Å². The molecule has 1 aromatic rings. The molecule has 128 valence electrons. The Morgan fingerprint density at radius 1 is 0.957 bits per heavy atom. The second-order valence-corrected chi connectivity index (χ2v) is 8.14. The highest BCUT2D eigenvalue weighted by atomic mass is 15.3. The van der Waals surface area contributed by atoms with E-state index < -0.39 is 0 Å². The van der Waals surface area contributed by atoms with Crippen molar-refractivity contribution >= 4 is 0 Å². The molecule has 1 unspecified atom stereocenters.